The second-order valence-electron chi connectivity index (χ2n) is 3.93. The van der Waals surface area contributed by atoms with Gasteiger partial charge in [0.1, 0.15) is 6.54 Å². The zero-order valence-corrected chi connectivity index (χ0v) is 10.9. The predicted octanol–water partition coefficient (Wildman–Crippen LogP) is 2.69. The molecule has 2 N–H and O–H groups in total. The molecular formula is C12H10F3N3OS. The number of nitrogens with one attached hydrogen (secondary N) is 2. The lowest BCUT2D eigenvalue weighted by Gasteiger charge is -2.13. The maximum absolute atomic E-state index is 12.8. The zero-order chi connectivity index (χ0) is 14.8. The number of hydrogen-bond acceptors (Lipinski definition) is 3. The van der Waals surface area contributed by atoms with E-state index in [-0.39, 0.29) is 17.0 Å². The van der Waals surface area contributed by atoms with Crippen LogP contribution in [0.25, 0.3) is 0 Å². The number of hydrogen-bond donors (Lipinski definition) is 2. The Morgan fingerprint density at radius 1 is 1.35 bits per heavy atom. The first-order valence-electron chi connectivity index (χ1n) is 5.52. The van der Waals surface area contributed by atoms with Crippen LogP contribution < -0.4 is 10.1 Å². The fourth-order valence-corrected chi connectivity index (χ4v) is 2.21. The SMILES string of the molecule is N=c1sccn1CC(=O)Nc1ccccc1C(F)(F)F. The molecule has 0 aliphatic rings. The number of alkyl halides is 3. The Morgan fingerprint density at radius 3 is 2.65 bits per heavy atom. The highest BCUT2D eigenvalue weighted by Gasteiger charge is 2.33. The molecule has 0 aliphatic carbocycles. The second-order valence-corrected chi connectivity index (χ2v) is 4.82. The highest BCUT2D eigenvalue weighted by atomic mass is 32.1. The van der Waals surface area contributed by atoms with Crippen molar-refractivity contribution in [3.05, 3.63) is 46.2 Å². The third-order valence-corrected chi connectivity index (χ3v) is 3.22. The summed E-state index contributed by atoms with van der Waals surface area (Å²) in [4.78, 5) is 11.9. The fraction of sp³-hybridized carbons (Fsp3) is 0.167. The third kappa shape index (κ3) is 3.27. The van der Waals surface area contributed by atoms with Crippen molar-refractivity contribution >= 4 is 22.9 Å². The first-order valence-corrected chi connectivity index (χ1v) is 6.40. The number of benzene rings is 1. The molecule has 106 valence electrons. The van der Waals surface area contributed by atoms with Gasteiger partial charge in [-0.15, -0.1) is 11.3 Å². The molecule has 0 radical (unpaired) electrons. The van der Waals surface area contributed by atoms with Gasteiger partial charge < -0.3 is 9.88 Å². The van der Waals surface area contributed by atoms with Gasteiger partial charge in [0.05, 0.1) is 11.3 Å². The van der Waals surface area contributed by atoms with Crippen molar-refractivity contribution in [3.8, 4) is 0 Å². The Hall–Kier alpha value is -2.09. The summed E-state index contributed by atoms with van der Waals surface area (Å²) in [5.74, 6) is -0.612. The minimum Gasteiger partial charge on any atom is -0.324 e. The summed E-state index contributed by atoms with van der Waals surface area (Å²) in [6.45, 7) is -0.200. The van der Waals surface area contributed by atoms with E-state index in [0.29, 0.717) is 0 Å². The van der Waals surface area contributed by atoms with E-state index in [9.17, 15) is 18.0 Å². The maximum Gasteiger partial charge on any atom is 0.418 e. The first-order chi connectivity index (χ1) is 9.38. The lowest BCUT2D eigenvalue weighted by atomic mass is 10.1. The molecule has 1 aromatic carbocycles. The molecule has 0 atom stereocenters. The van der Waals surface area contributed by atoms with Gasteiger partial charge in [-0.25, -0.2) is 0 Å². The molecule has 0 saturated heterocycles. The lowest BCUT2D eigenvalue weighted by molar-refractivity contribution is -0.137. The number of rotatable bonds is 3. The smallest absolute Gasteiger partial charge is 0.324 e. The number of carbonyl (C=O) groups is 1. The van der Waals surface area contributed by atoms with Gasteiger partial charge in [-0.05, 0) is 12.1 Å². The molecule has 1 heterocycles. The van der Waals surface area contributed by atoms with Crippen LogP contribution in [0.15, 0.2) is 35.8 Å². The largest absolute Gasteiger partial charge is 0.418 e. The van der Waals surface area contributed by atoms with Crippen molar-refractivity contribution in [2.24, 2.45) is 0 Å². The summed E-state index contributed by atoms with van der Waals surface area (Å²) < 4.78 is 39.6. The average Bonchev–Trinajstić information content (AvgIpc) is 2.74. The highest BCUT2D eigenvalue weighted by molar-refractivity contribution is 7.06. The first kappa shape index (κ1) is 14.3. The number of carbonyl (C=O) groups excluding carboxylic acids is 1. The van der Waals surface area contributed by atoms with E-state index in [2.05, 4.69) is 5.32 Å². The van der Waals surface area contributed by atoms with E-state index in [4.69, 9.17) is 5.41 Å². The summed E-state index contributed by atoms with van der Waals surface area (Å²) in [6.07, 6.45) is -3.00. The zero-order valence-electron chi connectivity index (χ0n) is 10.1. The van der Waals surface area contributed by atoms with Crippen LogP contribution in [-0.2, 0) is 17.5 Å². The lowest BCUT2D eigenvalue weighted by Crippen LogP contribution is -2.25. The quantitative estimate of drug-likeness (QED) is 0.899. The van der Waals surface area contributed by atoms with E-state index < -0.39 is 17.6 Å². The molecule has 0 saturated carbocycles. The predicted molar refractivity (Wildman–Crippen MR) is 68.2 cm³/mol. The van der Waals surface area contributed by atoms with Crippen LogP contribution in [0, 0.1) is 5.41 Å². The van der Waals surface area contributed by atoms with Crippen LogP contribution in [-0.4, -0.2) is 10.5 Å². The second kappa shape index (κ2) is 5.49. The van der Waals surface area contributed by atoms with Crippen LogP contribution in [0.3, 0.4) is 0 Å². The molecule has 0 bridgehead atoms. The molecule has 1 amide bonds. The molecule has 0 spiro atoms. The minimum atomic E-state index is -4.53. The Kier molecular flexibility index (Phi) is 3.93. The number of para-hydroxylation sites is 1. The van der Waals surface area contributed by atoms with Crippen molar-refractivity contribution in [3.63, 3.8) is 0 Å². The summed E-state index contributed by atoms with van der Waals surface area (Å²) in [7, 11) is 0. The summed E-state index contributed by atoms with van der Waals surface area (Å²) in [6, 6.07) is 4.77. The van der Waals surface area contributed by atoms with E-state index in [1.807, 2.05) is 0 Å². The standard InChI is InChI=1S/C12H10F3N3OS/c13-12(14,15)8-3-1-2-4-9(8)17-10(19)7-18-5-6-20-11(18)16/h1-6,16H,7H2,(H,17,19). The summed E-state index contributed by atoms with van der Waals surface area (Å²) in [5, 5.41) is 11.3. The van der Waals surface area contributed by atoms with Crippen molar-refractivity contribution in [2.45, 2.75) is 12.7 Å². The molecule has 2 aromatic rings. The van der Waals surface area contributed by atoms with Gasteiger partial charge in [0.25, 0.3) is 0 Å². The number of thiazole rings is 1. The van der Waals surface area contributed by atoms with Gasteiger partial charge in [0.15, 0.2) is 4.80 Å². The molecule has 8 heteroatoms. The molecule has 0 fully saturated rings. The van der Waals surface area contributed by atoms with Crippen LogP contribution in [0.4, 0.5) is 18.9 Å². The Labute approximate surface area is 116 Å². The van der Waals surface area contributed by atoms with Crippen molar-refractivity contribution < 1.29 is 18.0 Å². The molecule has 4 nitrogen and oxygen atoms in total. The maximum atomic E-state index is 12.8. The molecule has 2 rings (SSSR count). The molecule has 0 aliphatic heterocycles. The molecular weight excluding hydrogens is 291 g/mol. The number of nitrogens with zero attached hydrogens (tertiary/aromatic N) is 1. The van der Waals surface area contributed by atoms with Crippen molar-refractivity contribution in [1.29, 1.82) is 5.41 Å². The van der Waals surface area contributed by atoms with Crippen LogP contribution in [0.2, 0.25) is 0 Å². The molecule has 1 aromatic heterocycles. The number of amides is 1. The van der Waals surface area contributed by atoms with Gasteiger partial charge in [-0.3, -0.25) is 10.2 Å². The van der Waals surface area contributed by atoms with Gasteiger partial charge in [0, 0.05) is 11.6 Å². The average molecular weight is 301 g/mol. The van der Waals surface area contributed by atoms with Gasteiger partial charge in [-0.2, -0.15) is 13.2 Å². The Bertz CT molecular complexity index is 675. The number of anilines is 1. The Balaban J connectivity index is 2.17. The van der Waals surface area contributed by atoms with Crippen LogP contribution in [0.5, 0.6) is 0 Å². The van der Waals surface area contributed by atoms with E-state index in [0.717, 1.165) is 17.4 Å². The fourth-order valence-electron chi connectivity index (χ4n) is 1.61. The van der Waals surface area contributed by atoms with E-state index >= 15 is 0 Å². The number of aromatic nitrogens is 1. The third-order valence-electron chi connectivity index (χ3n) is 2.50. The van der Waals surface area contributed by atoms with E-state index in [1.165, 1.54) is 29.0 Å². The van der Waals surface area contributed by atoms with Crippen LogP contribution in [0.1, 0.15) is 5.56 Å². The van der Waals surface area contributed by atoms with Gasteiger partial charge in [-0.1, -0.05) is 12.1 Å². The van der Waals surface area contributed by atoms with E-state index in [1.54, 1.807) is 5.38 Å². The van der Waals surface area contributed by atoms with Gasteiger partial charge in [0.2, 0.25) is 5.91 Å². The van der Waals surface area contributed by atoms with Crippen molar-refractivity contribution in [2.75, 3.05) is 5.32 Å². The summed E-state index contributed by atoms with van der Waals surface area (Å²) >= 11 is 1.13. The van der Waals surface area contributed by atoms with Gasteiger partial charge >= 0.3 is 6.18 Å². The topological polar surface area (TPSA) is 57.9 Å². The Morgan fingerprint density at radius 2 is 2.05 bits per heavy atom. The number of halogens is 3. The molecule has 20 heavy (non-hydrogen) atoms. The highest BCUT2D eigenvalue weighted by Crippen LogP contribution is 2.34. The minimum absolute atomic E-state index is 0.157. The summed E-state index contributed by atoms with van der Waals surface area (Å²) in [5.41, 5.74) is -1.18. The monoisotopic (exact) mass is 301 g/mol. The van der Waals surface area contributed by atoms with Crippen LogP contribution >= 0.6 is 11.3 Å². The van der Waals surface area contributed by atoms with Crippen molar-refractivity contribution in [1.82, 2.24) is 4.57 Å². The molecule has 0 unspecified atom stereocenters. The normalized spacial score (nSPS) is 11.3.